The molecule has 1 amide bonds. The van der Waals surface area contributed by atoms with Crippen molar-refractivity contribution in [1.82, 2.24) is 5.32 Å². The van der Waals surface area contributed by atoms with Gasteiger partial charge < -0.3 is 20.3 Å². The molecule has 0 aromatic rings. The third-order valence-electron chi connectivity index (χ3n) is 17.9. The Hall–Kier alpha value is -1.92. The van der Waals surface area contributed by atoms with Crippen LogP contribution in [0, 0.1) is 0 Å². The molecule has 496 valence electrons. The van der Waals surface area contributed by atoms with E-state index in [0.717, 1.165) is 44.9 Å². The van der Waals surface area contributed by atoms with Gasteiger partial charge in [-0.2, -0.15) is 0 Å². The number of rotatable bonds is 72. The number of aliphatic hydroxyl groups is 2. The minimum atomic E-state index is -0.846. The molecular formula is C78H149NO5. The largest absolute Gasteiger partial charge is 0.466 e. The smallest absolute Gasteiger partial charge is 0.305 e. The normalized spacial score (nSPS) is 12.7. The highest BCUT2D eigenvalue weighted by molar-refractivity contribution is 5.76. The van der Waals surface area contributed by atoms with Crippen LogP contribution in [-0.4, -0.2) is 47.4 Å². The summed E-state index contributed by atoms with van der Waals surface area (Å²) in [5.41, 5.74) is 0. The molecule has 0 aliphatic heterocycles. The average molecular weight is 1180 g/mol. The number of carbonyl (C=O) groups is 2. The van der Waals surface area contributed by atoms with Crippen LogP contribution < -0.4 is 5.32 Å². The van der Waals surface area contributed by atoms with Gasteiger partial charge in [0.25, 0.3) is 0 Å². The van der Waals surface area contributed by atoms with Crippen LogP contribution in [0.4, 0.5) is 0 Å². The highest BCUT2D eigenvalue weighted by Crippen LogP contribution is 2.19. The molecule has 0 aromatic heterocycles. The van der Waals surface area contributed by atoms with Gasteiger partial charge in [-0.25, -0.2) is 0 Å². The summed E-state index contributed by atoms with van der Waals surface area (Å²) in [6.45, 7) is 4.95. The van der Waals surface area contributed by atoms with E-state index in [-0.39, 0.29) is 18.5 Å². The van der Waals surface area contributed by atoms with Gasteiger partial charge in [0.1, 0.15) is 0 Å². The lowest BCUT2D eigenvalue weighted by atomic mass is 10.0. The first-order chi connectivity index (χ1) is 41.5. The van der Waals surface area contributed by atoms with Crippen LogP contribution in [0.25, 0.3) is 0 Å². The van der Waals surface area contributed by atoms with Crippen molar-refractivity contribution in [3.8, 4) is 0 Å². The number of unbranched alkanes of at least 4 members (excludes halogenated alkanes) is 57. The summed E-state index contributed by atoms with van der Waals surface area (Å²) in [5.74, 6) is -0.0472. The van der Waals surface area contributed by atoms with Gasteiger partial charge in [-0.05, 0) is 64.2 Å². The Morgan fingerprint density at radius 1 is 0.333 bits per heavy atom. The van der Waals surface area contributed by atoms with E-state index in [1.807, 2.05) is 6.08 Å². The number of aliphatic hydroxyl groups excluding tert-OH is 2. The molecule has 6 heteroatoms. The van der Waals surface area contributed by atoms with Crippen LogP contribution >= 0.6 is 0 Å². The molecule has 0 aliphatic carbocycles. The van der Waals surface area contributed by atoms with Gasteiger partial charge in [0, 0.05) is 12.8 Å². The molecule has 0 saturated carbocycles. The molecule has 0 rings (SSSR count). The Morgan fingerprint density at radius 2 is 0.595 bits per heavy atom. The molecule has 2 atom stereocenters. The number of esters is 1. The highest BCUT2D eigenvalue weighted by atomic mass is 16.5. The van der Waals surface area contributed by atoms with Crippen molar-refractivity contribution in [2.45, 2.75) is 437 Å². The summed E-state index contributed by atoms with van der Waals surface area (Å²) >= 11 is 0. The number of allylic oxidation sites excluding steroid dienone is 5. The average Bonchev–Trinajstić information content (AvgIpc) is 3.51. The van der Waals surface area contributed by atoms with E-state index >= 15 is 0 Å². The topological polar surface area (TPSA) is 95.9 Å². The Balaban J connectivity index is 3.41. The fourth-order valence-corrected chi connectivity index (χ4v) is 12.1. The number of amides is 1. The SMILES string of the molecule is CCCCCCCCCCCCCCCCCCCCCC/C=C/C(O)C(CO)NC(=O)CCCCCCCCCCCCCCCCC/C=C\C/C=C\CCCCCCCCCCCOC(=O)CCCCCCCCCCCCCCCC. The fraction of sp³-hybridized carbons (Fsp3) is 0.897. The highest BCUT2D eigenvalue weighted by Gasteiger charge is 2.18. The van der Waals surface area contributed by atoms with Crippen LogP contribution in [0.3, 0.4) is 0 Å². The summed E-state index contributed by atoms with van der Waals surface area (Å²) in [5, 5.41) is 23.3. The second kappa shape index (κ2) is 73.5. The molecule has 84 heavy (non-hydrogen) atoms. The van der Waals surface area contributed by atoms with E-state index < -0.39 is 12.1 Å². The summed E-state index contributed by atoms with van der Waals surface area (Å²) in [6, 6.07) is -0.629. The predicted molar refractivity (Wildman–Crippen MR) is 370 cm³/mol. The van der Waals surface area contributed by atoms with Gasteiger partial charge in [0.05, 0.1) is 25.4 Å². The lowest BCUT2D eigenvalue weighted by Gasteiger charge is -2.20. The number of hydrogen-bond donors (Lipinski definition) is 3. The second-order valence-electron chi connectivity index (χ2n) is 26.3. The third-order valence-corrected chi connectivity index (χ3v) is 17.9. The molecule has 0 radical (unpaired) electrons. The van der Waals surface area contributed by atoms with Crippen LogP contribution in [0.2, 0.25) is 0 Å². The van der Waals surface area contributed by atoms with Crippen molar-refractivity contribution in [3.63, 3.8) is 0 Å². The van der Waals surface area contributed by atoms with E-state index in [0.29, 0.717) is 19.4 Å². The molecular weight excluding hydrogens is 1030 g/mol. The lowest BCUT2D eigenvalue weighted by Crippen LogP contribution is -2.45. The Kier molecular flexibility index (Phi) is 71.9. The first-order valence-electron chi connectivity index (χ1n) is 38.3. The zero-order valence-electron chi connectivity index (χ0n) is 56.9. The van der Waals surface area contributed by atoms with Gasteiger partial charge in [0.15, 0.2) is 0 Å². The Labute approximate surface area is 525 Å². The van der Waals surface area contributed by atoms with E-state index in [1.54, 1.807) is 6.08 Å². The van der Waals surface area contributed by atoms with Gasteiger partial charge in [-0.3, -0.25) is 9.59 Å². The summed E-state index contributed by atoms with van der Waals surface area (Å²) < 4.78 is 5.49. The van der Waals surface area contributed by atoms with Crippen LogP contribution in [0.1, 0.15) is 425 Å². The molecule has 0 aromatic carbocycles. The van der Waals surface area contributed by atoms with Crippen molar-refractivity contribution < 1.29 is 24.5 Å². The minimum absolute atomic E-state index is 0.0158. The summed E-state index contributed by atoms with van der Waals surface area (Å²) in [4.78, 5) is 24.6. The van der Waals surface area contributed by atoms with Crippen molar-refractivity contribution in [2.24, 2.45) is 0 Å². The first-order valence-corrected chi connectivity index (χ1v) is 38.3. The maximum Gasteiger partial charge on any atom is 0.305 e. The van der Waals surface area contributed by atoms with Crippen molar-refractivity contribution in [2.75, 3.05) is 13.2 Å². The molecule has 0 heterocycles. The maximum absolute atomic E-state index is 12.5. The molecule has 0 aliphatic rings. The van der Waals surface area contributed by atoms with Gasteiger partial charge in [-0.15, -0.1) is 0 Å². The van der Waals surface area contributed by atoms with E-state index in [4.69, 9.17) is 4.74 Å². The molecule has 0 saturated heterocycles. The van der Waals surface area contributed by atoms with Crippen LogP contribution in [0.15, 0.2) is 36.5 Å². The summed E-state index contributed by atoms with van der Waals surface area (Å²) in [7, 11) is 0. The Bertz CT molecular complexity index is 1360. The predicted octanol–water partition coefficient (Wildman–Crippen LogP) is 25.0. The van der Waals surface area contributed by atoms with E-state index in [1.165, 1.54) is 353 Å². The minimum Gasteiger partial charge on any atom is -0.466 e. The van der Waals surface area contributed by atoms with E-state index in [9.17, 15) is 19.8 Å². The quantitative estimate of drug-likeness (QED) is 0.0320. The number of hydrogen-bond acceptors (Lipinski definition) is 5. The standard InChI is InChI=1S/C78H149NO5/c1-3-5-7-9-11-13-15-17-19-20-21-22-34-37-40-43-46-50-54-58-62-66-70-76(81)75(74-80)79-77(82)71-67-63-59-55-51-47-44-41-38-35-32-30-28-26-24-23-25-27-29-31-33-36-39-42-45-49-53-57-61-65-69-73-84-78(83)72-68-64-60-56-52-48-18-16-14-12-10-8-6-4-2/h25,27,31,33,66,70,75-76,80-81H,3-24,26,28-30,32,34-65,67-69,71-74H2,1-2H3,(H,79,82)/b27-25-,33-31-,70-66+. The molecule has 0 fully saturated rings. The van der Waals surface area contributed by atoms with Crippen molar-refractivity contribution in [1.29, 1.82) is 0 Å². The van der Waals surface area contributed by atoms with E-state index in [2.05, 4.69) is 43.5 Å². The number of nitrogens with one attached hydrogen (secondary N) is 1. The molecule has 3 N–H and O–H groups in total. The monoisotopic (exact) mass is 1180 g/mol. The third kappa shape index (κ3) is 69.2. The molecule has 6 nitrogen and oxygen atoms in total. The van der Waals surface area contributed by atoms with Crippen molar-refractivity contribution in [3.05, 3.63) is 36.5 Å². The van der Waals surface area contributed by atoms with Gasteiger partial charge in [-0.1, -0.05) is 384 Å². The Morgan fingerprint density at radius 3 is 0.905 bits per heavy atom. The van der Waals surface area contributed by atoms with Crippen molar-refractivity contribution >= 4 is 11.9 Å². The maximum atomic E-state index is 12.5. The number of carbonyl (C=O) groups excluding carboxylic acids is 2. The zero-order valence-corrected chi connectivity index (χ0v) is 56.9. The molecule has 0 spiro atoms. The first kappa shape index (κ1) is 82.1. The summed E-state index contributed by atoms with van der Waals surface area (Å²) in [6.07, 6.45) is 95.3. The molecule has 2 unspecified atom stereocenters. The second-order valence-corrected chi connectivity index (χ2v) is 26.3. The van der Waals surface area contributed by atoms with Gasteiger partial charge >= 0.3 is 5.97 Å². The zero-order chi connectivity index (χ0) is 60.6. The van der Waals surface area contributed by atoms with Crippen LogP contribution in [0.5, 0.6) is 0 Å². The lowest BCUT2D eigenvalue weighted by molar-refractivity contribution is -0.143. The molecule has 0 bridgehead atoms. The van der Waals surface area contributed by atoms with Gasteiger partial charge in [0.2, 0.25) is 5.91 Å². The van der Waals surface area contributed by atoms with Crippen LogP contribution in [-0.2, 0) is 14.3 Å². The number of ether oxygens (including phenoxy) is 1. The fourth-order valence-electron chi connectivity index (χ4n) is 12.1.